The second-order valence-corrected chi connectivity index (χ2v) is 4.59. The third-order valence-corrected chi connectivity index (χ3v) is 3.17. The minimum Gasteiger partial charge on any atom is -0.480 e. The average Bonchev–Trinajstić information content (AvgIpc) is 2.43. The van der Waals surface area contributed by atoms with Crippen molar-refractivity contribution in [3.8, 4) is 0 Å². The Bertz CT molecular complexity index is 576. The zero-order chi connectivity index (χ0) is 16.2. The van der Waals surface area contributed by atoms with Gasteiger partial charge in [-0.2, -0.15) is 0 Å². The molecule has 0 bridgehead atoms. The van der Waals surface area contributed by atoms with Crippen molar-refractivity contribution in [1.82, 2.24) is 5.32 Å². The number of carbonyl (C=O) groups excluding carboxylic acids is 1. The maximum atomic E-state index is 13.0. The van der Waals surface area contributed by atoms with Gasteiger partial charge in [-0.05, 0) is 18.1 Å². The second-order valence-electron chi connectivity index (χ2n) is 4.59. The fraction of sp³-hybridized carbons (Fsp3) is 0.385. The molecule has 0 spiro atoms. The molecule has 7 nitrogen and oxygen atoms in total. The Morgan fingerprint density at radius 2 is 2.10 bits per heavy atom. The number of nitrogens with one attached hydrogen (secondary N) is 1. The van der Waals surface area contributed by atoms with Crippen LogP contribution in [0, 0.1) is 21.8 Å². The van der Waals surface area contributed by atoms with Gasteiger partial charge in [-0.3, -0.25) is 14.9 Å². The summed E-state index contributed by atoms with van der Waals surface area (Å²) in [6.07, 6.45) is 0.503. The molecule has 1 rings (SSSR count). The highest BCUT2D eigenvalue weighted by Crippen LogP contribution is 2.20. The van der Waals surface area contributed by atoms with Crippen LogP contribution in [0.4, 0.5) is 10.1 Å². The smallest absolute Gasteiger partial charge is 0.326 e. The molecule has 0 radical (unpaired) electrons. The lowest BCUT2D eigenvalue weighted by molar-refractivity contribution is -0.385. The van der Waals surface area contributed by atoms with E-state index in [1.165, 1.54) is 0 Å². The third-order valence-electron chi connectivity index (χ3n) is 3.17. The van der Waals surface area contributed by atoms with Crippen LogP contribution in [0.15, 0.2) is 18.2 Å². The first-order valence-corrected chi connectivity index (χ1v) is 6.25. The standard InChI is InChI=1S/C13H15FN2O5/c1-3-7(2)11(13(18)19)15-12(17)9-5-4-8(14)6-10(9)16(20)21/h4-7,11H,3H2,1-2H3,(H,15,17)(H,18,19)/t7?,11-/m0/s1. The summed E-state index contributed by atoms with van der Waals surface area (Å²) in [5.74, 6) is -3.36. The van der Waals surface area contributed by atoms with E-state index in [0.29, 0.717) is 12.5 Å². The van der Waals surface area contributed by atoms with Crippen molar-refractivity contribution in [1.29, 1.82) is 0 Å². The number of amides is 1. The molecule has 21 heavy (non-hydrogen) atoms. The quantitative estimate of drug-likeness (QED) is 0.616. The number of hydrogen-bond donors (Lipinski definition) is 2. The Morgan fingerprint density at radius 3 is 2.57 bits per heavy atom. The van der Waals surface area contributed by atoms with E-state index in [9.17, 15) is 24.1 Å². The van der Waals surface area contributed by atoms with Crippen LogP contribution in [0.1, 0.15) is 30.6 Å². The second kappa shape index (κ2) is 6.78. The Balaban J connectivity index is 3.08. The first kappa shape index (κ1) is 16.5. The van der Waals surface area contributed by atoms with Crippen LogP contribution in [0.3, 0.4) is 0 Å². The molecule has 0 saturated heterocycles. The zero-order valence-electron chi connectivity index (χ0n) is 11.5. The van der Waals surface area contributed by atoms with E-state index in [4.69, 9.17) is 5.11 Å². The van der Waals surface area contributed by atoms with Gasteiger partial charge in [0.1, 0.15) is 17.4 Å². The van der Waals surface area contributed by atoms with Crippen molar-refractivity contribution in [3.05, 3.63) is 39.7 Å². The molecule has 2 N–H and O–H groups in total. The number of carbonyl (C=O) groups is 2. The normalized spacial score (nSPS) is 13.3. The van der Waals surface area contributed by atoms with Gasteiger partial charge in [0.15, 0.2) is 0 Å². The highest BCUT2D eigenvalue weighted by molar-refractivity contribution is 6.00. The van der Waals surface area contributed by atoms with Crippen LogP contribution in [0.5, 0.6) is 0 Å². The lowest BCUT2D eigenvalue weighted by atomic mass is 9.99. The van der Waals surface area contributed by atoms with Crippen LogP contribution in [0.25, 0.3) is 0 Å². The molecule has 0 aliphatic heterocycles. The number of nitro groups is 1. The van der Waals surface area contributed by atoms with Gasteiger partial charge in [0.2, 0.25) is 0 Å². The van der Waals surface area contributed by atoms with E-state index in [1.807, 2.05) is 0 Å². The Hall–Kier alpha value is -2.51. The Labute approximate surface area is 119 Å². The van der Waals surface area contributed by atoms with Gasteiger partial charge in [-0.1, -0.05) is 20.3 Å². The van der Waals surface area contributed by atoms with Crippen LogP contribution >= 0.6 is 0 Å². The fourth-order valence-electron chi connectivity index (χ4n) is 1.75. The van der Waals surface area contributed by atoms with Crippen molar-refractivity contribution in [2.75, 3.05) is 0 Å². The van der Waals surface area contributed by atoms with Crippen LogP contribution in [0.2, 0.25) is 0 Å². The van der Waals surface area contributed by atoms with Gasteiger partial charge in [-0.15, -0.1) is 0 Å². The van der Waals surface area contributed by atoms with Crippen molar-refractivity contribution >= 4 is 17.6 Å². The number of carboxylic acid groups (broad SMARTS) is 1. The summed E-state index contributed by atoms with van der Waals surface area (Å²) in [6, 6.07) is 1.31. The first-order valence-electron chi connectivity index (χ1n) is 6.25. The molecule has 0 saturated carbocycles. The molecule has 0 heterocycles. The molecule has 0 aromatic heterocycles. The van der Waals surface area contributed by atoms with Crippen LogP contribution < -0.4 is 5.32 Å². The number of rotatable bonds is 6. The largest absolute Gasteiger partial charge is 0.480 e. The number of nitrogens with zero attached hydrogens (tertiary/aromatic N) is 1. The summed E-state index contributed by atoms with van der Waals surface area (Å²) in [4.78, 5) is 33.1. The fourth-order valence-corrected chi connectivity index (χ4v) is 1.75. The molecule has 8 heteroatoms. The predicted octanol–water partition coefficient (Wildman–Crippen LogP) is 1.96. The maximum absolute atomic E-state index is 13.0. The van der Waals surface area contributed by atoms with Crippen molar-refractivity contribution < 1.29 is 24.0 Å². The third kappa shape index (κ3) is 3.98. The molecule has 1 amide bonds. The molecular weight excluding hydrogens is 283 g/mol. The molecular formula is C13H15FN2O5. The van der Waals surface area contributed by atoms with E-state index in [-0.39, 0.29) is 11.5 Å². The van der Waals surface area contributed by atoms with Gasteiger partial charge in [-0.25, -0.2) is 9.18 Å². The summed E-state index contributed by atoms with van der Waals surface area (Å²) < 4.78 is 13.0. The van der Waals surface area contributed by atoms with Crippen molar-refractivity contribution in [2.45, 2.75) is 26.3 Å². The molecule has 1 aromatic rings. The number of benzene rings is 1. The highest BCUT2D eigenvalue weighted by Gasteiger charge is 2.28. The van der Waals surface area contributed by atoms with Gasteiger partial charge in [0.05, 0.1) is 11.0 Å². The molecule has 1 aromatic carbocycles. The lowest BCUT2D eigenvalue weighted by Crippen LogP contribution is -2.45. The van der Waals surface area contributed by atoms with E-state index in [2.05, 4.69) is 5.32 Å². The maximum Gasteiger partial charge on any atom is 0.326 e. The number of hydrogen-bond acceptors (Lipinski definition) is 4. The van der Waals surface area contributed by atoms with E-state index >= 15 is 0 Å². The molecule has 0 aliphatic carbocycles. The summed E-state index contributed by atoms with van der Waals surface area (Å²) in [5.41, 5.74) is -1.09. The van der Waals surface area contributed by atoms with Gasteiger partial charge in [0.25, 0.3) is 11.6 Å². The number of nitro benzene ring substituents is 1. The summed E-state index contributed by atoms with van der Waals surface area (Å²) in [6.45, 7) is 3.39. The molecule has 114 valence electrons. The monoisotopic (exact) mass is 298 g/mol. The van der Waals surface area contributed by atoms with Gasteiger partial charge in [0, 0.05) is 0 Å². The number of carboxylic acids is 1. The van der Waals surface area contributed by atoms with E-state index in [0.717, 1.165) is 12.1 Å². The summed E-state index contributed by atoms with van der Waals surface area (Å²) in [7, 11) is 0. The number of aliphatic carboxylic acids is 1. The summed E-state index contributed by atoms with van der Waals surface area (Å²) >= 11 is 0. The molecule has 0 aliphatic rings. The minimum absolute atomic E-state index is 0.356. The minimum atomic E-state index is -1.23. The number of halogens is 1. The van der Waals surface area contributed by atoms with Gasteiger partial charge < -0.3 is 10.4 Å². The topological polar surface area (TPSA) is 110 Å². The van der Waals surface area contributed by atoms with E-state index in [1.54, 1.807) is 13.8 Å². The van der Waals surface area contributed by atoms with Crippen LogP contribution in [-0.2, 0) is 4.79 Å². The average molecular weight is 298 g/mol. The highest BCUT2D eigenvalue weighted by atomic mass is 19.1. The lowest BCUT2D eigenvalue weighted by Gasteiger charge is -2.20. The van der Waals surface area contributed by atoms with Gasteiger partial charge >= 0.3 is 5.97 Å². The Morgan fingerprint density at radius 1 is 1.48 bits per heavy atom. The van der Waals surface area contributed by atoms with Crippen LogP contribution in [-0.4, -0.2) is 27.9 Å². The Kier molecular flexibility index (Phi) is 5.34. The molecule has 1 unspecified atom stereocenters. The van der Waals surface area contributed by atoms with Crippen molar-refractivity contribution in [3.63, 3.8) is 0 Å². The SMILES string of the molecule is CCC(C)[C@H](NC(=O)c1ccc(F)cc1[N+](=O)[O-])C(=O)O. The molecule has 0 fully saturated rings. The zero-order valence-corrected chi connectivity index (χ0v) is 11.5. The van der Waals surface area contributed by atoms with E-state index < -0.39 is 34.3 Å². The summed E-state index contributed by atoms with van der Waals surface area (Å²) in [5, 5.41) is 22.1. The first-order chi connectivity index (χ1) is 9.77. The van der Waals surface area contributed by atoms with Crippen molar-refractivity contribution in [2.24, 2.45) is 5.92 Å². The predicted molar refractivity (Wildman–Crippen MR) is 71.4 cm³/mol. The molecule has 2 atom stereocenters.